The Morgan fingerprint density at radius 3 is 2.74 bits per heavy atom. The van der Waals surface area contributed by atoms with Crippen LogP contribution in [0.15, 0.2) is 43.1 Å². The number of carbonyl (C=O) groups excluding carboxylic acids is 1. The van der Waals surface area contributed by atoms with Crippen molar-refractivity contribution >= 4 is 29.0 Å². The standard InChI is InChI=1S/C22H20ClN7O/c1-12(2)8-15-20-24-6-7-30(20)11-16(27-15)19-26-10-14-18(28-19)29-21(31)22(14,3)17-5-4-13(23)9-25-17/h4-7,9-12H,8H2,1-3H3,(H,26,28,29,31). The summed E-state index contributed by atoms with van der Waals surface area (Å²) < 4.78 is 1.93. The first-order valence-electron chi connectivity index (χ1n) is 10.00. The first-order chi connectivity index (χ1) is 14.9. The molecule has 156 valence electrons. The highest BCUT2D eigenvalue weighted by molar-refractivity contribution is 6.30. The molecular formula is C22H20ClN7O. The molecule has 0 saturated carbocycles. The third-order valence-corrected chi connectivity index (χ3v) is 5.75. The number of fused-ring (bicyclic) bond motifs is 2. The Kier molecular flexibility index (Phi) is 4.48. The zero-order valence-electron chi connectivity index (χ0n) is 17.3. The van der Waals surface area contributed by atoms with Gasteiger partial charge in [0.1, 0.15) is 16.9 Å². The smallest absolute Gasteiger partial charge is 0.242 e. The van der Waals surface area contributed by atoms with Crippen LogP contribution in [0.5, 0.6) is 0 Å². The lowest BCUT2D eigenvalue weighted by Crippen LogP contribution is -2.33. The van der Waals surface area contributed by atoms with Crippen molar-refractivity contribution in [3.05, 3.63) is 65.1 Å². The molecule has 0 aromatic carbocycles. The van der Waals surface area contributed by atoms with E-state index in [0.29, 0.717) is 39.5 Å². The van der Waals surface area contributed by atoms with Crippen molar-refractivity contribution in [2.75, 3.05) is 5.32 Å². The predicted octanol–water partition coefficient (Wildman–Crippen LogP) is 3.69. The van der Waals surface area contributed by atoms with Crippen LogP contribution in [0, 0.1) is 5.92 Å². The molecule has 1 aliphatic heterocycles. The van der Waals surface area contributed by atoms with Crippen molar-refractivity contribution < 1.29 is 4.79 Å². The minimum Gasteiger partial charge on any atom is -0.309 e. The molecule has 4 aromatic rings. The number of hydrogen-bond acceptors (Lipinski definition) is 6. The van der Waals surface area contributed by atoms with Crippen LogP contribution in [-0.2, 0) is 16.6 Å². The topological polar surface area (TPSA) is 98.0 Å². The van der Waals surface area contributed by atoms with Crippen LogP contribution in [0.3, 0.4) is 0 Å². The molecule has 9 heteroatoms. The summed E-state index contributed by atoms with van der Waals surface area (Å²) in [5.74, 6) is 1.12. The minimum atomic E-state index is -0.997. The van der Waals surface area contributed by atoms with Gasteiger partial charge in [0.15, 0.2) is 11.5 Å². The Morgan fingerprint density at radius 2 is 2.00 bits per heavy atom. The number of amides is 1. The SMILES string of the molecule is CC(C)Cc1nc(-c2ncc3c(n2)NC(=O)C3(C)c2ccc(Cl)cn2)cn2ccnc12. The Bertz CT molecular complexity index is 1320. The summed E-state index contributed by atoms with van der Waals surface area (Å²) >= 11 is 5.97. The Balaban J connectivity index is 1.60. The molecule has 0 radical (unpaired) electrons. The number of rotatable bonds is 4. The fourth-order valence-electron chi connectivity index (χ4n) is 3.88. The van der Waals surface area contributed by atoms with Gasteiger partial charge in [-0.25, -0.2) is 19.9 Å². The molecule has 31 heavy (non-hydrogen) atoms. The van der Waals surface area contributed by atoms with Crippen LogP contribution in [0.4, 0.5) is 5.82 Å². The Hall–Kier alpha value is -3.39. The summed E-state index contributed by atoms with van der Waals surface area (Å²) in [6.45, 7) is 6.09. The second-order valence-electron chi connectivity index (χ2n) is 8.23. The normalized spacial score (nSPS) is 17.9. The maximum Gasteiger partial charge on any atom is 0.242 e. The number of aromatic nitrogens is 6. The van der Waals surface area contributed by atoms with Crippen LogP contribution in [0.1, 0.15) is 37.7 Å². The molecule has 1 aliphatic rings. The summed E-state index contributed by atoms with van der Waals surface area (Å²) in [5.41, 5.74) is 2.60. The van der Waals surface area contributed by atoms with Crippen LogP contribution >= 0.6 is 11.6 Å². The average Bonchev–Trinajstić information content (AvgIpc) is 3.31. The van der Waals surface area contributed by atoms with Gasteiger partial charge in [0, 0.05) is 36.5 Å². The monoisotopic (exact) mass is 433 g/mol. The number of anilines is 1. The van der Waals surface area contributed by atoms with Gasteiger partial charge in [-0.05, 0) is 31.4 Å². The fourth-order valence-corrected chi connectivity index (χ4v) is 3.99. The number of nitrogens with one attached hydrogen (secondary N) is 1. The van der Waals surface area contributed by atoms with Gasteiger partial charge in [-0.1, -0.05) is 25.4 Å². The van der Waals surface area contributed by atoms with Gasteiger partial charge in [-0.2, -0.15) is 0 Å². The van der Waals surface area contributed by atoms with Gasteiger partial charge in [0.2, 0.25) is 5.91 Å². The molecular weight excluding hydrogens is 414 g/mol. The van der Waals surface area contributed by atoms with Gasteiger partial charge in [-0.15, -0.1) is 0 Å². The van der Waals surface area contributed by atoms with E-state index in [9.17, 15) is 4.79 Å². The van der Waals surface area contributed by atoms with E-state index in [1.165, 1.54) is 6.20 Å². The summed E-state index contributed by atoms with van der Waals surface area (Å²) in [6, 6.07) is 3.47. The zero-order chi connectivity index (χ0) is 21.8. The van der Waals surface area contributed by atoms with Crippen LogP contribution in [-0.4, -0.2) is 35.2 Å². The summed E-state index contributed by atoms with van der Waals surface area (Å²) in [4.78, 5) is 35.7. The van der Waals surface area contributed by atoms with E-state index in [1.807, 2.05) is 23.7 Å². The lowest BCUT2D eigenvalue weighted by Gasteiger charge is -2.20. The summed E-state index contributed by atoms with van der Waals surface area (Å²) in [7, 11) is 0. The largest absolute Gasteiger partial charge is 0.309 e. The van der Waals surface area contributed by atoms with Gasteiger partial charge in [-0.3, -0.25) is 9.78 Å². The molecule has 0 fully saturated rings. The minimum absolute atomic E-state index is 0.206. The molecule has 0 aliphatic carbocycles. The van der Waals surface area contributed by atoms with Crippen molar-refractivity contribution in [3.63, 3.8) is 0 Å². The molecule has 1 unspecified atom stereocenters. The lowest BCUT2D eigenvalue weighted by molar-refractivity contribution is -0.119. The third kappa shape index (κ3) is 3.14. The Labute approximate surface area is 183 Å². The second-order valence-corrected chi connectivity index (χ2v) is 8.66. The highest BCUT2D eigenvalue weighted by Crippen LogP contribution is 2.41. The van der Waals surface area contributed by atoms with Gasteiger partial charge < -0.3 is 9.72 Å². The van der Waals surface area contributed by atoms with Crippen LogP contribution in [0.25, 0.3) is 17.2 Å². The molecule has 4 aromatic heterocycles. The van der Waals surface area contributed by atoms with E-state index in [0.717, 1.165) is 17.8 Å². The molecule has 8 nitrogen and oxygen atoms in total. The highest BCUT2D eigenvalue weighted by Gasteiger charge is 2.46. The Morgan fingerprint density at radius 1 is 1.16 bits per heavy atom. The predicted molar refractivity (Wildman–Crippen MR) is 117 cm³/mol. The molecule has 1 N–H and O–H groups in total. The highest BCUT2D eigenvalue weighted by atomic mass is 35.5. The molecule has 0 spiro atoms. The van der Waals surface area contributed by atoms with E-state index in [2.05, 4.69) is 39.1 Å². The first-order valence-corrected chi connectivity index (χ1v) is 10.4. The van der Waals surface area contributed by atoms with Crippen molar-refractivity contribution in [2.45, 2.75) is 32.6 Å². The van der Waals surface area contributed by atoms with Crippen LogP contribution < -0.4 is 5.32 Å². The third-order valence-electron chi connectivity index (χ3n) is 5.53. The van der Waals surface area contributed by atoms with Gasteiger partial charge in [0.05, 0.1) is 16.4 Å². The molecule has 5 heterocycles. The van der Waals surface area contributed by atoms with Gasteiger partial charge >= 0.3 is 0 Å². The number of carbonyl (C=O) groups is 1. The fraction of sp³-hybridized carbons (Fsp3) is 0.273. The van der Waals surface area contributed by atoms with E-state index < -0.39 is 5.41 Å². The summed E-state index contributed by atoms with van der Waals surface area (Å²) in [6.07, 6.45) is 9.47. The van der Waals surface area contributed by atoms with E-state index in [4.69, 9.17) is 16.6 Å². The molecule has 5 rings (SSSR count). The van der Waals surface area contributed by atoms with Crippen LogP contribution in [0.2, 0.25) is 5.02 Å². The molecule has 0 saturated heterocycles. The van der Waals surface area contributed by atoms with Crippen molar-refractivity contribution in [1.82, 2.24) is 29.3 Å². The van der Waals surface area contributed by atoms with Crippen molar-refractivity contribution in [1.29, 1.82) is 0 Å². The van der Waals surface area contributed by atoms with E-state index in [-0.39, 0.29) is 5.91 Å². The number of halogens is 1. The summed E-state index contributed by atoms with van der Waals surface area (Å²) in [5, 5.41) is 3.39. The number of pyridine rings is 1. The number of imidazole rings is 1. The maximum atomic E-state index is 12.9. The molecule has 0 bridgehead atoms. The van der Waals surface area contributed by atoms with Crippen molar-refractivity contribution in [2.24, 2.45) is 5.92 Å². The average molecular weight is 434 g/mol. The van der Waals surface area contributed by atoms with E-state index >= 15 is 0 Å². The number of hydrogen-bond donors (Lipinski definition) is 1. The quantitative estimate of drug-likeness (QED) is 0.527. The lowest BCUT2D eigenvalue weighted by atomic mass is 9.81. The number of nitrogens with zero attached hydrogens (tertiary/aromatic N) is 6. The molecule has 1 amide bonds. The van der Waals surface area contributed by atoms with Gasteiger partial charge in [0.25, 0.3) is 0 Å². The van der Waals surface area contributed by atoms with E-state index in [1.54, 1.807) is 24.5 Å². The van der Waals surface area contributed by atoms with Crippen molar-refractivity contribution in [3.8, 4) is 11.5 Å². The second kappa shape index (κ2) is 7.09. The first kappa shape index (κ1) is 19.6. The zero-order valence-corrected chi connectivity index (χ0v) is 18.1. The maximum absolute atomic E-state index is 12.9. The molecule has 1 atom stereocenters.